The summed E-state index contributed by atoms with van der Waals surface area (Å²) in [6.07, 6.45) is 8.77. The van der Waals surface area contributed by atoms with Crippen LogP contribution in [0, 0.1) is 11.8 Å². The molecule has 0 atom stereocenters. The number of hydrogen-bond acceptors (Lipinski definition) is 4. The number of likely N-dealkylation sites (tertiary alicyclic amines) is 1. The molecular formula is C34H34Cl2N2O2. The van der Waals surface area contributed by atoms with Crippen LogP contribution in [0.3, 0.4) is 0 Å². The van der Waals surface area contributed by atoms with Gasteiger partial charge in [-0.15, -0.1) is 0 Å². The third-order valence-corrected chi connectivity index (χ3v) is 9.00. The molecule has 0 bridgehead atoms. The van der Waals surface area contributed by atoms with Crippen molar-refractivity contribution < 1.29 is 9.90 Å². The molecule has 4 aromatic rings. The zero-order valence-corrected chi connectivity index (χ0v) is 24.3. The maximum Gasteiger partial charge on any atom is 0.168 e. The highest BCUT2D eigenvalue weighted by Crippen LogP contribution is 2.41. The quantitative estimate of drug-likeness (QED) is 0.234. The van der Waals surface area contributed by atoms with Gasteiger partial charge in [0.25, 0.3) is 0 Å². The molecule has 1 aromatic heterocycles. The van der Waals surface area contributed by atoms with Crippen molar-refractivity contribution in [3.63, 3.8) is 0 Å². The summed E-state index contributed by atoms with van der Waals surface area (Å²) in [5.41, 5.74) is 6.41. The zero-order chi connectivity index (χ0) is 27.8. The number of phenolic OH excluding ortho intramolecular Hbond substituents is 1. The molecule has 0 spiro atoms. The second-order valence-corrected chi connectivity index (χ2v) is 12.4. The molecule has 40 heavy (non-hydrogen) atoms. The SMILES string of the molecule is CC1CCCN(Cc2ccc(-c3c(C(=O)C4CC4)cnc4ccc(-c5cc(Cl)c(O)c(Cl)c5)cc34)cc2)CCC1. The fourth-order valence-electron chi connectivity index (χ4n) is 5.94. The number of aromatic hydroxyl groups is 1. The van der Waals surface area contributed by atoms with Crippen LogP contribution in [-0.4, -0.2) is 33.9 Å². The summed E-state index contributed by atoms with van der Waals surface area (Å²) in [6.45, 7) is 5.62. The van der Waals surface area contributed by atoms with Gasteiger partial charge in [0, 0.05) is 35.2 Å². The third-order valence-electron chi connectivity index (χ3n) is 8.42. The molecule has 1 saturated carbocycles. The lowest BCUT2D eigenvalue weighted by molar-refractivity contribution is 0.0968. The van der Waals surface area contributed by atoms with Crippen LogP contribution in [0.25, 0.3) is 33.2 Å². The van der Waals surface area contributed by atoms with E-state index in [9.17, 15) is 9.90 Å². The van der Waals surface area contributed by atoms with Crippen LogP contribution in [-0.2, 0) is 6.54 Å². The van der Waals surface area contributed by atoms with Gasteiger partial charge in [-0.05, 0) is 104 Å². The molecule has 1 aliphatic carbocycles. The van der Waals surface area contributed by atoms with E-state index in [1.165, 1.54) is 31.2 Å². The van der Waals surface area contributed by atoms with Gasteiger partial charge in [0.15, 0.2) is 11.5 Å². The summed E-state index contributed by atoms with van der Waals surface area (Å²) in [5.74, 6) is 0.972. The number of ketones is 1. The summed E-state index contributed by atoms with van der Waals surface area (Å²) < 4.78 is 0. The summed E-state index contributed by atoms with van der Waals surface area (Å²) >= 11 is 12.5. The average Bonchev–Trinajstić information content (AvgIpc) is 3.79. The van der Waals surface area contributed by atoms with Crippen LogP contribution < -0.4 is 0 Å². The van der Waals surface area contributed by atoms with Gasteiger partial charge in [-0.2, -0.15) is 0 Å². The minimum atomic E-state index is -0.127. The van der Waals surface area contributed by atoms with E-state index in [2.05, 4.69) is 47.1 Å². The lowest BCUT2D eigenvalue weighted by atomic mass is 9.91. The standard InChI is InChI=1S/C34H34Cl2N2O2/c1-21-4-2-14-38(15-3-5-21)20-22-6-8-23(9-7-22)32-27-16-25(26-17-29(35)34(40)30(36)18-26)12-13-31(27)37-19-28(32)33(39)24-10-11-24/h6-9,12-13,16-19,21,24,40H,2-5,10-11,14-15,20H2,1H3. The van der Waals surface area contributed by atoms with Crippen molar-refractivity contribution in [3.05, 3.63) is 82.0 Å². The van der Waals surface area contributed by atoms with Gasteiger partial charge in [0.1, 0.15) is 0 Å². The number of Topliss-reactive ketones (excluding diaryl/α,β-unsaturated/α-hetero) is 1. The van der Waals surface area contributed by atoms with E-state index < -0.39 is 0 Å². The van der Waals surface area contributed by atoms with E-state index in [4.69, 9.17) is 23.2 Å². The number of pyridine rings is 1. The van der Waals surface area contributed by atoms with Crippen LogP contribution in [0.4, 0.5) is 0 Å². The Labute approximate surface area is 246 Å². The van der Waals surface area contributed by atoms with Gasteiger partial charge in [-0.1, -0.05) is 60.5 Å². The Morgan fingerprint density at radius 2 is 1.55 bits per heavy atom. The molecule has 206 valence electrons. The predicted octanol–water partition coefficient (Wildman–Crippen LogP) is 9.19. The van der Waals surface area contributed by atoms with Crippen molar-refractivity contribution >= 4 is 39.9 Å². The average molecular weight is 574 g/mol. The Morgan fingerprint density at radius 3 is 2.20 bits per heavy atom. The molecule has 6 rings (SSSR count). The topological polar surface area (TPSA) is 53.4 Å². The molecule has 0 unspecified atom stereocenters. The highest BCUT2D eigenvalue weighted by atomic mass is 35.5. The zero-order valence-electron chi connectivity index (χ0n) is 22.8. The first kappa shape index (κ1) is 27.3. The van der Waals surface area contributed by atoms with Gasteiger partial charge in [0.2, 0.25) is 0 Å². The monoisotopic (exact) mass is 572 g/mol. The van der Waals surface area contributed by atoms with Gasteiger partial charge >= 0.3 is 0 Å². The summed E-state index contributed by atoms with van der Waals surface area (Å²) in [5, 5.41) is 11.4. The molecule has 0 amide bonds. The fraction of sp³-hybridized carbons (Fsp3) is 0.353. The van der Waals surface area contributed by atoms with Crippen LogP contribution in [0.2, 0.25) is 10.0 Å². The molecule has 2 aliphatic rings. The summed E-state index contributed by atoms with van der Waals surface area (Å²) in [7, 11) is 0. The fourth-order valence-corrected chi connectivity index (χ4v) is 6.43. The molecule has 1 N–H and O–H groups in total. The number of hydrogen-bond donors (Lipinski definition) is 1. The van der Waals surface area contributed by atoms with Crippen molar-refractivity contribution in [3.8, 4) is 28.0 Å². The van der Waals surface area contributed by atoms with E-state index in [1.807, 2.05) is 12.1 Å². The van der Waals surface area contributed by atoms with Crippen molar-refractivity contribution in [2.75, 3.05) is 13.1 Å². The number of aromatic nitrogens is 1. The Morgan fingerprint density at radius 1 is 0.900 bits per heavy atom. The number of phenols is 1. The smallest absolute Gasteiger partial charge is 0.168 e. The van der Waals surface area contributed by atoms with Crippen molar-refractivity contribution in [2.45, 2.75) is 52.0 Å². The lowest BCUT2D eigenvalue weighted by Gasteiger charge is -2.26. The molecule has 1 aliphatic heterocycles. The third kappa shape index (κ3) is 5.76. The number of nitrogens with zero attached hydrogens (tertiary/aromatic N) is 2. The van der Waals surface area contributed by atoms with E-state index >= 15 is 0 Å². The normalized spacial score (nSPS) is 17.1. The van der Waals surface area contributed by atoms with Crippen LogP contribution >= 0.6 is 23.2 Å². The van der Waals surface area contributed by atoms with Crippen molar-refractivity contribution in [2.24, 2.45) is 11.8 Å². The molecular weight excluding hydrogens is 539 g/mol. The number of fused-ring (bicyclic) bond motifs is 1. The number of rotatable bonds is 6. The van der Waals surface area contributed by atoms with Gasteiger partial charge in [-0.3, -0.25) is 14.7 Å². The predicted molar refractivity (Wildman–Crippen MR) is 164 cm³/mol. The van der Waals surface area contributed by atoms with E-state index in [-0.39, 0.29) is 27.5 Å². The van der Waals surface area contributed by atoms with Crippen LogP contribution in [0.1, 0.15) is 61.4 Å². The molecule has 1 saturated heterocycles. The second-order valence-electron chi connectivity index (χ2n) is 11.6. The number of carbonyl (C=O) groups is 1. The van der Waals surface area contributed by atoms with E-state index in [0.29, 0.717) is 5.56 Å². The highest BCUT2D eigenvalue weighted by molar-refractivity contribution is 6.37. The number of halogens is 2. The first-order valence-electron chi connectivity index (χ1n) is 14.3. The molecule has 6 heteroatoms. The Hall–Kier alpha value is -2.92. The number of carbonyl (C=O) groups excluding carboxylic acids is 1. The molecule has 0 radical (unpaired) electrons. The lowest BCUT2D eigenvalue weighted by Crippen LogP contribution is -2.28. The molecule has 2 heterocycles. The first-order valence-corrected chi connectivity index (χ1v) is 15.1. The van der Waals surface area contributed by atoms with Gasteiger partial charge < -0.3 is 5.11 Å². The molecule has 3 aromatic carbocycles. The van der Waals surface area contributed by atoms with Crippen LogP contribution in [0.15, 0.2) is 60.8 Å². The van der Waals surface area contributed by atoms with Crippen molar-refractivity contribution in [1.29, 1.82) is 0 Å². The van der Waals surface area contributed by atoms with Crippen molar-refractivity contribution in [1.82, 2.24) is 9.88 Å². The summed E-state index contributed by atoms with van der Waals surface area (Å²) in [6, 6.07) is 18.1. The molecule has 4 nitrogen and oxygen atoms in total. The first-order chi connectivity index (χ1) is 19.4. The van der Waals surface area contributed by atoms with E-state index in [1.54, 1.807) is 18.3 Å². The maximum atomic E-state index is 13.4. The number of benzene rings is 3. The summed E-state index contributed by atoms with van der Waals surface area (Å²) in [4.78, 5) is 20.7. The Bertz CT molecular complexity index is 1530. The van der Waals surface area contributed by atoms with Crippen LogP contribution in [0.5, 0.6) is 5.75 Å². The second kappa shape index (κ2) is 11.5. The minimum absolute atomic E-state index is 0.0880. The Balaban J connectivity index is 1.38. The van der Waals surface area contributed by atoms with Gasteiger partial charge in [-0.25, -0.2) is 0 Å². The Kier molecular flexibility index (Phi) is 7.85. The maximum absolute atomic E-state index is 13.4. The van der Waals surface area contributed by atoms with Gasteiger partial charge in [0.05, 0.1) is 15.6 Å². The minimum Gasteiger partial charge on any atom is -0.505 e. The molecule has 2 fully saturated rings. The highest BCUT2D eigenvalue weighted by Gasteiger charge is 2.32. The largest absolute Gasteiger partial charge is 0.505 e. The van der Waals surface area contributed by atoms with E-state index in [0.717, 1.165) is 71.6 Å².